The summed E-state index contributed by atoms with van der Waals surface area (Å²) >= 11 is 0. The van der Waals surface area contributed by atoms with Gasteiger partial charge in [-0.2, -0.15) is 0 Å². The van der Waals surface area contributed by atoms with Gasteiger partial charge in [-0.3, -0.25) is 0 Å². The van der Waals surface area contributed by atoms with Crippen molar-refractivity contribution in [2.24, 2.45) is 4.99 Å². The van der Waals surface area contributed by atoms with E-state index in [1.165, 1.54) is 12.1 Å². The molecule has 0 aliphatic carbocycles. The fourth-order valence-electron chi connectivity index (χ4n) is 2.66. The maximum Gasteiger partial charge on any atom is 0.191 e. The van der Waals surface area contributed by atoms with E-state index in [1.54, 1.807) is 0 Å². The largest absolute Gasteiger partial charge is 0.361 e. The van der Waals surface area contributed by atoms with E-state index >= 15 is 0 Å². The molecule has 0 unspecified atom stereocenters. The second-order valence-electron chi connectivity index (χ2n) is 5.85. The van der Waals surface area contributed by atoms with Crippen molar-refractivity contribution in [3.05, 3.63) is 52.4 Å². The zero-order valence-electron chi connectivity index (χ0n) is 15.9. The molecule has 0 atom stereocenters. The average Bonchev–Trinajstić information content (AvgIpc) is 3.03. The Morgan fingerprint density at radius 2 is 1.93 bits per heavy atom. The molecule has 0 spiro atoms. The van der Waals surface area contributed by atoms with Crippen LogP contribution in [0, 0.1) is 11.6 Å². The minimum absolute atomic E-state index is 0. The first-order chi connectivity index (χ1) is 12.6. The third-order valence-corrected chi connectivity index (χ3v) is 4.05. The molecule has 2 rings (SSSR count). The molecule has 8 heteroatoms. The first-order valence-electron chi connectivity index (χ1n) is 9.01. The normalized spacial score (nSPS) is 11.2. The Morgan fingerprint density at radius 3 is 2.56 bits per heavy atom. The summed E-state index contributed by atoms with van der Waals surface area (Å²) in [5, 5.41) is 10.4. The van der Waals surface area contributed by atoms with E-state index in [0.29, 0.717) is 37.6 Å². The number of rotatable bonds is 8. The van der Waals surface area contributed by atoms with Crippen molar-refractivity contribution < 1.29 is 13.3 Å². The lowest BCUT2D eigenvalue weighted by Crippen LogP contribution is -2.38. The summed E-state index contributed by atoms with van der Waals surface area (Å²) in [6, 6.07) is 3.63. The van der Waals surface area contributed by atoms with E-state index in [4.69, 9.17) is 4.52 Å². The van der Waals surface area contributed by atoms with Crippen molar-refractivity contribution in [1.82, 2.24) is 15.8 Å². The first-order valence-corrected chi connectivity index (χ1v) is 9.01. The third kappa shape index (κ3) is 6.75. The number of hydrogen-bond donors (Lipinski definition) is 2. The Bertz CT molecular complexity index is 728. The van der Waals surface area contributed by atoms with Crippen LogP contribution < -0.4 is 10.6 Å². The van der Waals surface area contributed by atoms with Crippen LogP contribution in [0.5, 0.6) is 0 Å². The quantitative estimate of drug-likeness (QED) is 0.333. The van der Waals surface area contributed by atoms with Crippen molar-refractivity contribution in [2.75, 3.05) is 13.1 Å². The van der Waals surface area contributed by atoms with Gasteiger partial charge in [0.05, 0.1) is 12.2 Å². The summed E-state index contributed by atoms with van der Waals surface area (Å²) in [4.78, 5) is 4.58. The standard InChI is InChI=1S/C19H26F2N4O.HI/c1-4-17-15(18(5-2)26-25-17)12-24-19(22-6-3)23-10-9-13-7-8-14(20)11-16(13)21;/h7-8,11H,4-6,9-10,12H2,1-3H3,(H2,22,23,24);1H. The molecule has 5 nitrogen and oxygen atoms in total. The van der Waals surface area contributed by atoms with E-state index < -0.39 is 11.6 Å². The molecule has 0 aliphatic rings. The van der Waals surface area contributed by atoms with Gasteiger partial charge in [0, 0.05) is 31.1 Å². The summed E-state index contributed by atoms with van der Waals surface area (Å²) in [6.45, 7) is 7.70. The van der Waals surface area contributed by atoms with Crippen LogP contribution in [0.15, 0.2) is 27.7 Å². The zero-order chi connectivity index (χ0) is 18.9. The van der Waals surface area contributed by atoms with Gasteiger partial charge < -0.3 is 15.2 Å². The Kier molecular flexibility index (Phi) is 10.3. The van der Waals surface area contributed by atoms with Crippen molar-refractivity contribution in [3.63, 3.8) is 0 Å². The molecule has 2 N–H and O–H groups in total. The molecule has 27 heavy (non-hydrogen) atoms. The van der Waals surface area contributed by atoms with E-state index in [-0.39, 0.29) is 24.0 Å². The summed E-state index contributed by atoms with van der Waals surface area (Å²) in [5.74, 6) is 0.398. The molecule has 0 saturated heterocycles. The van der Waals surface area contributed by atoms with Gasteiger partial charge in [-0.15, -0.1) is 24.0 Å². The SMILES string of the molecule is CCNC(=NCc1c(CC)noc1CC)NCCc1ccc(F)cc1F.I. The topological polar surface area (TPSA) is 62.5 Å². The fraction of sp³-hybridized carbons (Fsp3) is 0.474. The molecular weight excluding hydrogens is 465 g/mol. The highest BCUT2D eigenvalue weighted by Gasteiger charge is 2.13. The zero-order valence-corrected chi connectivity index (χ0v) is 18.3. The maximum atomic E-state index is 13.7. The van der Waals surface area contributed by atoms with E-state index in [2.05, 4.69) is 20.8 Å². The minimum Gasteiger partial charge on any atom is -0.361 e. The summed E-state index contributed by atoms with van der Waals surface area (Å²) in [6.07, 6.45) is 2.00. The number of nitrogens with one attached hydrogen (secondary N) is 2. The molecule has 0 fully saturated rings. The maximum absolute atomic E-state index is 13.7. The van der Waals surface area contributed by atoms with Crippen LogP contribution >= 0.6 is 24.0 Å². The molecule has 0 aliphatic heterocycles. The Hall–Kier alpha value is -1.71. The predicted molar refractivity (Wildman–Crippen MR) is 114 cm³/mol. The lowest BCUT2D eigenvalue weighted by atomic mass is 10.1. The molecule has 0 saturated carbocycles. The lowest BCUT2D eigenvalue weighted by molar-refractivity contribution is 0.380. The van der Waals surface area contributed by atoms with Crippen LogP contribution in [0.3, 0.4) is 0 Å². The Labute approximate surface area is 176 Å². The molecular formula is C19H27F2IN4O. The van der Waals surface area contributed by atoms with Crippen molar-refractivity contribution in [2.45, 2.75) is 46.6 Å². The highest BCUT2D eigenvalue weighted by Crippen LogP contribution is 2.16. The van der Waals surface area contributed by atoms with Crippen LogP contribution in [0.25, 0.3) is 0 Å². The molecule has 0 bridgehead atoms. The third-order valence-electron chi connectivity index (χ3n) is 4.05. The number of benzene rings is 1. The average molecular weight is 492 g/mol. The number of guanidine groups is 1. The lowest BCUT2D eigenvalue weighted by Gasteiger charge is -2.12. The second kappa shape index (κ2) is 11.9. The van der Waals surface area contributed by atoms with E-state index in [9.17, 15) is 8.78 Å². The first kappa shape index (κ1) is 23.3. The molecule has 1 aromatic carbocycles. The van der Waals surface area contributed by atoms with Gasteiger partial charge in [0.15, 0.2) is 5.96 Å². The summed E-state index contributed by atoms with van der Waals surface area (Å²) in [7, 11) is 0. The summed E-state index contributed by atoms with van der Waals surface area (Å²) in [5.41, 5.74) is 2.42. The molecule has 0 amide bonds. The van der Waals surface area contributed by atoms with Crippen molar-refractivity contribution >= 4 is 29.9 Å². The fourth-order valence-corrected chi connectivity index (χ4v) is 2.66. The Balaban J connectivity index is 0.00000364. The molecule has 2 aromatic rings. The van der Waals surface area contributed by atoms with E-state index in [0.717, 1.165) is 35.9 Å². The number of aromatic nitrogens is 1. The van der Waals surface area contributed by atoms with E-state index in [1.807, 2.05) is 20.8 Å². The van der Waals surface area contributed by atoms with Crippen LogP contribution in [0.1, 0.15) is 43.4 Å². The summed E-state index contributed by atoms with van der Waals surface area (Å²) < 4.78 is 32.0. The predicted octanol–water partition coefficient (Wildman–Crippen LogP) is 3.99. The van der Waals surface area contributed by atoms with Crippen LogP contribution in [-0.4, -0.2) is 24.2 Å². The van der Waals surface area contributed by atoms with Crippen LogP contribution in [0.2, 0.25) is 0 Å². The molecule has 0 radical (unpaired) electrons. The number of hydrogen-bond acceptors (Lipinski definition) is 3. The molecule has 150 valence electrons. The minimum atomic E-state index is -0.568. The number of halogens is 3. The number of aliphatic imine (C=N–C) groups is 1. The second-order valence-corrected chi connectivity index (χ2v) is 5.85. The molecule has 1 heterocycles. The Morgan fingerprint density at radius 1 is 1.15 bits per heavy atom. The number of nitrogens with zero attached hydrogens (tertiary/aromatic N) is 2. The van der Waals surface area contributed by atoms with Gasteiger partial charge in [0.1, 0.15) is 17.4 Å². The van der Waals surface area contributed by atoms with Crippen molar-refractivity contribution in [1.29, 1.82) is 0 Å². The van der Waals surface area contributed by atoms with Gasteiger partial charge in [0.25, 0.3) is 0 Å². The smallest absolute Gasteiger partial charge is 0.191 e. The van der Waals surface area contributed by atoms with Gasteiger partial charge in [-0.05, 0) is 31.4 Å². The van der Waals surface area contributed by atoms with Gasteiger partial charge in [0.2, 0.25) is 0 Å². The number of aryl methyl sites for hydroxylation is 2. The highest BCUT2D eigenvalue weighted by molar-refractivity contribution is 14.0. The van der Waals surface area contributed by atoms with Crippen LogP contribution in [0.4, 0.5) is 8.78 Å². The molecule has 1 aromatic heterocycles. The van der Waals surface area contributed by atoms with Crippen molar-refractivity contribution in [3.8, 4) is 0 Å². The van der Waals surface area contributed by atoms with Gasteiger partial charge >= 0.3 is 0 Å². The highest BCUT2D eigenvalue weighted by atomic mass is 127. The van der Waals surface area contributed by atoms with Gasteiger partial charge in [-0.1, -0.05) is 25.1 Å². The van der Waals surface area contributed by atoms with Gasteiger partial charge in [-0.25, -0.2) is 13.8 Å². The van der Waals surface area contributed by atoms with Crippen LogP contribution in [-0.2, 0) is 25.8 Å². The monoisotopic (exact) mass is 492 g/mol.